The van der Waals surface area contributed by atoms with Crippen LogP contribution < -0.4 is 4.72 Å². The third kappa shape index (κ3) is 2.64. The molecule has 20 heavy (non-hydrogen) atoms. The topological polar surface area (TPSA) is 112 Å². The van der Waals surface area contributed by atoms with E-state index >= 15 is 0 Å². The van der Waals surface area contributed by atoms with Gasteiger partial charge in [-0.1, -0.05) is 17.7 Å². The second kappa shape index (κ2) is 4.97. The van der Waals surface area contributed by atoms with Crippen LogP contribution in [0.2, 0.25) is 0 Å². The summed E-state index contributed by atoms with van der Waals surface area (Å²) < 4.78 is 26.7. The van der Waals surface area contributed by atoms with Crippen LogP contribution >= 0.6 is 0 Å². The fourth-order valence-corrected chi connectivity index (χ4v) is 2.98. The van der Waals surface area contributed by atoms with Crippen molar-refractivity contribution in [2.45, 2.75) is 18.9 Å². The molecule has 106 valence electrons. The van der Waals surface area contributed by atoms with Gasteiger partial charge in [0, 0.05) is 0 Å². The summed E-state index contributed by atoms with van der Waals surface area (Å²) in [6, 6.07) is 5.21. The van der Waals surface area contributed by atoms with Crippen LogP contribution in [0.5, 0.6) is 0 Å². The Morgan fingerprint density at radius 2 is 2.05 bits per heavy atom. The summed E-state index contributed by atoms with van der Waals surface area (Å²) in [5.74, 6) is -1.36. The van der Waals surface area contributed by atoms with Crippen molar-refractivity contribution in [3.8, 4) is 0 Å². The highest BCUT2D eigenvalue weighted by molar-refractivity contribution is 7.92. The predicted octanol–water partition coefficient (Wildman–Crippen LogP) is 1.53. The zero-order chi connectivity index (χ0) is 14.9. The summed E-state index contributed by atoms with van der Waals surface area (Å²) in [4.78, 5) is 10.9. The molecule has 0 amide bonds. The first-order valence-corrected chi connectivity index (χ1v) is 7.16. The van der Waals surface area contributed by atoms with Gasteiger partial charge in [0.25, 0.3) is 10.0 Å². The van der Waals surface area contributed by atoms with E-state index in [1.54, 1.807) is 19.1 Å². The van der Waals surface area contributed by atoms with Crippen LogP contribution in [-0.2, 0) is 10.0 Å². The Balaban J connectivity index is 2.41. The number of nitrogens with one attached hydrogen (secondary N) is 2. The highest BCUT2D eigenvalue weighted by Gasteiger charge is 2.25. The number of aryl methyl sites for hydroxylation is 2. The van der Waals surface area contributed by atoms with Crippen LogP contribution in [0.4, 0.5) is 5.69 Å². The second-order valence-electron chi connectivity index (χ2n) is 4.34. The average Bonchev–Trinajstić information content (AvgIpc) is 2.82. The lowest BCUT2D eigenvalue weighted by molar-refractivity contribution is 0.0692. The number of carboxylic acids is 1. The first-order chi connectivity index (χ1) is 9.31. The smallest absolute Gasteiger partial charge is 0.340 e. The summed E-state index contributed by atoms with van der Waals surface area (Å²) >= 11 is 0. The number of carbonyl (C=O) groups is 1. The van der Waals surface area contributed by atoms with E-state index in [-0.39, 0.29) is 0 Å². The molecule has 0 fully saturated rings. The molecule has 8 heteroatoms. The van der Waals surface area contributed by atoms with Gasteiger partial charge in [-0.3, -0.25) is 9.82 Å². The first kappa shape index (κ1) is 14.1. The number of aromatic amines is 1. The molecule has 1 aromatic heterocycles. The molecule has 0 aliphatic carbocycles. The van der Waals surface area contributed by atoms with Crippen molar-refractivity contribution in [3.05, 3.63) is 41.1 Å². The van der Waals surface area contributed by atoms with Gasteiger partial charge in [0.1, 0.15) is 5.56 Å². The maximum Gasteiger partial charge on any atom is 0.340 e. The molecule has 2 rings (SSSR count). The number of hydrogen-bond donors (Lipinski definition) is 3. The van der Waals surface area contributed by atoms with Crippen molar-refractivity contribution in [3.63, 3.8) is 0 Å². The Bertz CT molecular complexity index is 765. The minimum absolute atomic E-state index is 0.390. The molecule has 0 aliphatic heterocycles. The van der Waals surface area contributed by atoms with E-state index in [1.807, 2.05) is 13.0 Å². The number of aromatic carboxylic acids is 1. The quantitative estimate of drug-likeness (QED) is 0.791. The second-order valence-corrected chi connectivity index (χ2v) is 5.96. The van der Waals surface area contributed by atoms with Crippen molar-refractivity contribution in [2.75, 3.05) is 4.72 Å². The maximum atomic E-state index is 12.2. The van der Waals surface area contributed by atoms with Crippen LogP contribution in [0.25, 0.3) is 0 Å². The fraction of sp³-hybridized carbons (Fsp3) is 0.167. The lowest BCUT2D eigenvalue weighted by Gasteiger charge is -2.10. The summed E-state index contributed by atoms with van der Waals surface area (Å²) in [6.45, 7) is 3.65. The molecule has 0 bridgehead atoms. The Hall–Kier alpha value is -2.35. The average molecular weight is 295 g/mol. The number of aromatic nitrogens is 2. The SMILES string of the molecule is Cc1ccc(NS(=O)(=O)c2[nH]ncc2C(=O)O)c(C)c1. The minimum Gasteiger partial charge on any atom is -0.478 e. The third-order valence-electron chi connectivity index (χ3n) is 2.73. The van der Waals surface area contributed by atoms with Crippen LogP contribution in [0.15, 0.2) is 29.4 Å². The molecule has 0 unspecified atom stereocenters. The van der Waals surface area contributed by atoms with Gasteiger partial charge in [0.2, 0.25) is 0 Å². The molecule has 3 N–H and O–H groups in total. The number of nitrogens with zero attached hydrogens (tertiary/aromatic N) is 1. The van der Waals surface area contributed by atoms with Crippen LogP contribution in [0.1, 0.15) is 21.5 Å². The standard InChI is InChI=1S/C12H13N3O4S/c1-7-3-4-10(8(2)5-7)15-20(18,19)11-9(12(16)17)6-13-14-11/h3-6,15H,1-2H3,(H,13,14)(H,16,17). The van der Waals surface area contributed by atoms with E-state index in [4.69, 9.17) is 5.11 Å². The van der Waals surface area contributed by atoms with E-state index in [2.05, 4.69) is 14.9 Å². The number of H-pyrrole nitrogens is 1. The van der Waals surface area contributed by atoms with Gasteiger partial charge >= 0.3 is 5.97 Å². The number of anilines is 1. The Labute approximate surface area is 115 Å². The molecule has 0 radical (unpaired) electrons. The van der Waals surface area contributed by atoms with Crippen molar-refractivity contribution in [1.82, 2.24) is 10.2 Å². The van der Waals surface area contributed by atoms with E-state index in [0.717, 1.165) is 17.3 Å². The molecular formula is C12H13N3O4S. The predicted molar refractivity (Wildman–Crippen MR) is 72.3 cm³/mol. The maximum absolute atomic E-state index is 12.2. The van der Waals surface area contributed by atoms with Gasteiger partial charge in [0.05, 0.1) is 11.9 Å². The molecule has 0 spiro atoms. The Kier molecular flexibility index (Phi) is 3.49. The molecule has 2 aromatic rings. The number of hydrogen-bond acceptors (Lipinski definition) is 4. The lowest BCUT2D eigenvalue weighted by Crippen LogP contribution is -2.17. The van der Waals surface area contributed by atoms with Crippen LogP contribution in [0.3, 0.4) is 0 Å². The number of sulfonamides is 1. The molecule has 0 aliphatic rings. The van der Waals surface area contributed by atoms with Crippen molar-refractivity contribution >= 4 is 21.7 Å². The van der Waals surface area contributed by atoms with E-state index in [1.165, 1.54) is 0 Å². The van der Waals surface area contributed by atoms with Crippen molar-refractivity contribution in [1.29, 1.82) is 0 Å². The lowest BCUT2D eigenvalue weighted by atomic mass is 10.1. The van der Waals surface area contributed by atoms with Gasteiger partial charge in [-0.15, -0.1) is 0 Å². The molecule has 7 nitrogen and oxygen atoms in total. The summed E-state index contributed by atoms with van der Waals surface area (Å²) in [5, 5.41) is 14.1. The number of benzene rings is 1. The largest absolute Gasteiger partial charge is 0.478 e. The zero-order valence-corrected chi connectivity index (χ0v) is 11.7. The van der Waals surface area contributed by atoms with Gasteiger partial charge in [0.15, 0.2) is 5.03 Å². The molecule has 1 heterocycles. The third-order valence-corrected chi connectivity index (χ3v) is 4.07. The molecule has 0 saturated carbocycles. The Morgan fingerprint density at radius 1 is 1.35 bits per heavy atom. The first-order valence-electron chi connectivity index (χ1n) is 5.68. The summed E-state index contributed by atoms with van der Waals surface area (Å²) in [5.41, 5.74) is 1.73. The monoisotopic (exact) mass is 295 g/mol. The van der Waals surface area contributed by atoms with E-state index in [0.29, 0.717) is 5.69 Å². The minimum atomic E-state index is -4.03. The fourth-order valence-electron chi connectivity index (χ4n) is 1.76. The number of rotatable bonds is 4. The number of carboxylic acid groups (broad SMARTS) is 1. The molecule has 0 atom stereocenters. The van der Waals surface area contributed by atoms with Gasteiger partial charge < -0.3 is 5.11 Å². The zero-order valence-electron chi connectivity index (χ0n) is 10.8. The highest BCUT2D eigenvalue weighted by Crippen LogP contribution is 2.21. The van der Waals surface area contributed by atoms with Crippen molar-refractivity contribution < 1.29 is 18.3 Å². The summed E-state index contributed by atoms with van der Waals surface area (Å²) in [6.07, 6.45) is 0.957. The van der Waals surface area contributed by atoms with E-state index < -0.39 is 26.6 Å². The van der Waals surface area contributed by atoms with Crippen LogP contribution in [0, 0.1) is 13.8 Å². The highest BCUT2D eigenvalue weighted by atomic mass is 32.2. The van der Waals surface area contributed by atoms with Gasteiger partial charge in [-0.25, -0.2) is 4.79 Å². The molecule has 0 saturated heterocycles. The summed E-state index contributed by atoms with van der Waals surface area (Å²) in [7, 11) is -4.03. The van der Waals surface area contributed by atoms with Crippen LogP contribution in [-0.4, -0.2) is 29.7 Å². The van der Waals surface area contributed by atoms with Crippen molar-refractivity contribution in [2.24, 2.45) is 0 Å². The Morgan fingerprint density at radius 3 is 2.65 bits per heavy atom. The van der Waals surface area contributed by atoms with Gasteiger partial charge in [-0.05, 0) is 25.5 Å². The van der Waals surface area contributed by atoms with E-state index in [9.17, 15) is 13.2 Å². The van der Waals surface area contributed by atoms with Gasteiger partial charge in [-0.2, -0.15) is 13.5 Å². The molecule has 1 aromatic carbocycles. The normalized spacial score (nSPS) is 11.3. The molecular weight excluding hydrogens is 282 g/mol.